The fourth-order valence-corrected chi connectivity index (χ4v) is 3.67. The van der Waals surface area contributed by atoms with Gasteiger partial charge in [-0.1, -0.05) is 11.6 Å². The van der Waals surface area contributed by atoms with Gasteiger partial charge in [-0.3, -0.25) is 4.68 Å². The van der Waals surface area contributed by atoms with E-state index < -0.39 is 0 Å². The number of nitrogen functional groups attached to an aromatic ring is 1. The quantitative estimate of drug-likeness (QED) is 0.923. The molecule has 0 fully saturated rings. The molecule has 2 N–H and O–H groups in total. The summed E-state index contributed by atoms with van der Waals surface area (Å²) in [5, 5.41) is 4.98. The Kier molecular flexibility index (Phi) is 3.57. The topological polar surface area (TPSA) is 53.1 Å². The molecule has 3 rings (SSSR count). The van der Waals surface area contributed by atoms with Gasteiger partial charge in [-0.2, -0.15) is 5.10 Å². The van der Waals surface area contributed by atoms with Crippen LogP contribution in [-0.4, -0.2) is 16.9 Å². The second kappa shape index (κ2) is 5.26. The molecule has 21 heavy (non-hydrogen) atoms. The lowest BCUT2D eigenvalue weighted by molar-refractivity contribution is 0.415. The van der Waals surface area contributed by atoms with Gasteiger partial charge in [0.25, 0.3) is 0 Å². The molecule has 1 aromatic carbocycles. The molecule has 112 valence electrons. The zero-order valence-corrected chi connectivity index (χ0v) is 13.4. The van der Waals surface area contributed by atoms with E-state index in [-0.39, 0.29) is 0 Å². The highest BCUT2D eigenvalue weighted by atomic mass is 35.5. The molecule has 0 saturated heterocycles. The number of ether oxygens (including phenoxy) is 1. The van der Waals surface area contributed by atoms with Gasteiger partial charge in [0.2, 0.25) is 0 Å². The van der Waals surface area contributed by atoms with Crippen molar-refractivity contribution < 1.29 is 4.74 Å². The maximum atomic E-state index is 6.62. The van der Waals surface area contributed by atoms with Crippen molar-refractivity contribution in [2.75, 3.05) is 12.8 Å². The van der Waals surface area contributed by atoms with E-state index in [1.807, 2.05) is 7.05 Å². The van der Waals surface area contributed by atoms with Gasteiger partial charge >= 0.3 is 0 Å². The van der Waals surface area contributed by atoms with E-state index in [1.54, 1.807) is 18.0 Å². The highest BCUT2D eigenvalue weighted by Crippen LogP contribution is 2.46. The third kappa shape index (κ3) is 2.09. The summed E-state index contributed by atoms with van der Waals surface area (Å²) in [5.74, 6) is 1.35. The van der Waals surface area contributed by atoms with Crippen molar-refractivity contribution in [3.8, 4) is 16.9 Å². The molecule has 1 aliphatic rings. The van der Waals surface area contributed by atoms with Crippen LogP contribution in [0.3, 0.4) is 0 Å². The molecule has 0 aliphatic heterocycles. The van der Waals surface area contributed by atoms with Crippen molar-refractivity contribution in [2.24, 2.45) is 7.05 Å². The van der Waals surface area contributed by atoms with Gasteiger partial charge in [-0.25, -0.2) is 0 Å². The number of nitrogens with zero attached hydrogens (tertiary/aromatic N) is 2. The van der Waals surface area contributed by atoms with E-state index in [0.717, 1.165) is 34.7 Å². The molecular formula is C16H20ClN3O. The Morgan fingerprint density at radius 3 is 2.52 bits per heavy atom. The largest absolute Gasteiger partial charge is 0.495 e. The first-order chi connectivity index (χ1) is 10.1. The van der Waals surface area contributed by atoms with E-state index in [9.17, 15) is 0 Å². The summed E-state index contributed by atoms with van der Waals surface area (Å²) in [4.78, 5) is 0. The minimum atomic E-state index is 0.628. The third-order valence-electron chi connectivity index (χ3n) is 4.44. The van der Waals surface area contributed by atoms with Crippen LogP contribution in [0.4, 0.5) is 5.82 Å². The molecule has 0 bridgehead atoms. The number of aryl methyl sites for hydroxylation is 1. The van der Waals surface area contributed by atoms with Gasteiger partial charge in [0.1, 0.15) is 11.6 Å². The van der Waals surface area contributed by atoms with Crippen molar-refractivity contribution in [3.05, 3.63) is 27.9 Å². The average Bonchev–Trinajstić information content (AvgIpc) is 2.82. The molecule has 5 heteroatoms. The Hall–Kier alpha value is -1.68. The van der Waals surface area contributed by atoms with E-state index in [1.165, 1.54) is 29.5 Å². The second-order valence-electron chi connectivity index (χ2n) is 5.58. The molecule has 1 heterocycles. The number of fused-ring (bicyclic) bond motifs is 1. The molecule has 0 saturated carbocycles. The van der Waals surface area contributed by atoms with Crippen molar-refractivity contribution in [2.45, 2.75) is 32.6 Å². The average molecular weight is 306 g/mol. The van der Waals surface area contributed by atoms with E-state index in [0.29, 0.717) is 5.82 Å². The molecule has 1 aromatic heterocycles. The summed E-state index contributed by atoms with van der Waals surface area (Å²) in [6.07, 6.45) is 6.26. The fraction of sp³-hybridized carbons (Fsp3) is 0.438. The number of anilines is 1. The zero-order chi connectivity index (χ0) is 15.1. The number of aromatic nitrogens is 2. The third-order valence-corrected chi connectivity index (χ3v) is 4.84. The van der Waals surface area contributed by atoms with E-state index >= 15 is 0 Å². The summed E-state index contributed by atoms with van der Waals surface area (Å²) in [5.41, 5.74) is 11.8. The van der Waals surface area contributed by atoms with Crippen molar-refractivity contribution in [1.82, 2.24) is 9.78 Å². The van der Waals surface area contributed by atoms with Gasteiger partial charge in [-0.15, -0.1) is 0 Å². The van der Waals surface area contributed by atoms with E-state index in [2.05, 4.69) is 12.0 Å². The molecule has 4 nitrogen and oxygen atoms in total. The van der Waals surface area contributed by atoms with Crippen LogP contribution < -0.4 is 10.5 Å². The van der Waals surface area contributed by atoms with Gasteiger partial charge in [0, 0.05) is 18.2 Å². The number of nitrogens with two attached hydrogens (primary N) is 1. The molecule has 0 radical (unpaired) electrons. The number of halogens is 1. The molecule has 1 aliphatic carbocycles. The van der Waals surface area contributed by atoms with Crippen LogP contribution in [0, 0.1) is 6.92 Å². The first kappa shape index (κ1) is 14.3. The lowest BCUT2D eigenvalue weighted by atomic mass is 9.84. The van der Waals surface area contributed by atoms with Gasteiger partial charge in [0.05, 0.1) is 18.3 Å². The Balaban J connectivity index is 2.34. The Bertz CT molecular complexity index is 706. The molecule has 0 atom stereocenters. The summed E-state index contributed by atoms with van der Waals surface area (Å²) >= 11 is 6.62. The van der Waals surface area contributed by atoms with E-state index in [4.69, 9.17) is 22.1 Å². The number of benzene rings is 1. The summed E-state index contributed by atoms with van der Waals surface area (Å²) in [6, 6.07) is 0. The minimum absolute atomic E-state index is 0.628. The van der Waals surface area contributed by atoms with Crippen LogP contribution in [0.5, 0.6) is 5.75 Å². The van der Waals surface area contributed by atoms with Crippen LogP contribution in [0.15, 0.2) is 6.20 Å². The second-order valence-corrected chi connectivity index (χ2v) is 5.96. The lowest BCUT2D eigenvalue weighted by Gasteiger charge is -2.24. The highest BCUT2D eigenvalue weighted by molar-refractivity contribution is 6.33. The first-order valence-electron chi connectivity index (χ1n) is 7.21. The van der Waals surface area contributed by atoms with Gasteiger partial charge in [0.15, 0.2) is 0 Å². The fourth-order valence-electron chi connectivity index (χ4n) is 3.28. The van der Waals surface area contributed by atoms with Gasteiger partial charge in [-0.05, 0) is 49.3 Å². The minimum Gasteiger partial charge on any atom is -0.495 e. The highest BCUT2D eigenvalue weighted by Gasteiger charge is 2.25. The number of hydrogen-bond donors (Lipinski definition) is 1. The Labute approximate surface area is 129 Å². The predicted molar refractivity (Wildman–Crippen MR) is 86.0 cm³/mol. The Morgan fingerprint density at radius 2 is 1.95 bits per heavy atom. The SMILES string of the molecule is COc1c(Cl)c2c(c(C)c1-c1cnn(C)c1N)CCCC2. The van der Waals surface area contributed by atoms with Crippen LogP contribution >= 0.6 is 11.6 Å². The Morgan fingerprint density at radius 1 is 1.29 bits per heavy atom. The van der Waals surface area contributed by atoms with Gasteiger partial charge < -0.3 is 10.5 Å². The standard InChI is InChI=1S/C16H20ClN3O/c1-9-10-6-4-5-7-11(10)14(17)15(21-3)13(9)12-8-19-20(2)16(12)18/h8H,4-7,18H2,1-3H3. The van der Waals surface area contributed by atoms with Crippen LogP contribution in [0.25, 0.3) is 11.1 Å². The monoisotopic (exact) mass is 305 g/mol. The smallest absolute Gasteiger partial charge is 0.146 e. The summed E-state index contributed by atoms with van der Waals surface area (Å²) < 4.78 is 7.29. The summed E-state index contributed by atoms with van der Waals surface area (Å²) in [7, 11) is 3.49. The molecule has 2 aromatic rings. The number of methoxy groups -OCH3 is 1. The maximum absolute atomic E-state index is 6.62. The normalized spacial score (nSPS) is 14.1. The molecule has 0 unspecified atom stereocenters. The van der Waals surface area contributed by atoms with Crippen LogP contribution in [0.2, 0.25) is 5.02 Å². The lowest BCUT2D eigenvalue weighted by Crippen LogP contribution is -2.09. The maximum Gasteiger partial charge on any atom is 0.146 e. The molecular weight excluding hydrogens is 286 g/mol. The zero-order valence-electron chi connectivity index (χ0n) is 12.7. The summed E-state index contributed by atoms with van der Waals surface area (Å²) in [6.45, 7) is 2.13. The van der Waals surface area contributed by atoms with Crippen molar-refractivity contribution in [3.63, 3.8) is 0 Å². The van der Waals surface area contributed by atoms with Crippen LogP contribution in [-0.2, 0) is 19.9 Å². The molecule has 0 spiro atoms. The first-order valence-corrected chi connectivity index (χ1v) is 7.59. The van der Waals surface area contributed by atoms with Crippen LogP contribution in [0.1, 0.15) is 29.5 Å². The predicted octanol–water partition coefficient (Wildman–Crippen LogP) is 3.52. The van der Waals surface area contributed by atoms with Crippen molar-refractivity contribution >= 4 is 17.4 Å². The number of rotatable bonds is 2. The molecule has 0 amide bonds. The van der Waals surface area contributed by atoms with Crippen molar-refractivity contribution in [1.29, 1.82) is 0 Å². The number of hydrogen-bond acceptors (Lipinski definition) is 3.